The molecule has 0 aromatic carbocycles. The lowest BCUT2D eigenvalue weighted by Crippen LogP contribution is -2.20. The number of nitrogens with one attached hydrogen (secondary N) is 1. The van der Waals surface area contributed by atoms with Gasteiger partial charge in [0.1, 0.15) is 0 Å². The number of thiazole rings is 1. The molecular weight excluding hydrogens is 214 g/mol. The van der Waals surface area contributed by atoms with Crippen LogP contribution in [0.3, 0.4) is 0 Å². The van der Waals surface area contributed by atoms with Gasteiger partial charge < -0.3 is 0 Å². The molecule has 1 amide bonds. The van der Waals surface area contributed by atoms with Gasteiger partial charge in [0.15, 0.2) is 15.8 Å². The minimum Gasteiger partial charge on any atom is -0.288 e. The molecule has 0 saturated carbocycles. The summed E-state index contributed by atoms with van der Waals surface area (Å²) in [4.78, 5) is 15.6. The zero-order chi connectivity index (χ0) is 9.42. The Morgan fingerprint density at radius 3 is 3.23 bits per heavy atom. The highest BCUT2D eigenvalue weighted by atomic mass is 35.5. The van der Waals surface area contributed by atoms with Gasteiger partial charge in [0.05, 0.1) is 0 Å². The summed E-state index contributed by atoms with van der Waals surface area (Å²) in [7, 11) is 0. The highest BCUT2D eigenvalue weighted by molar-refractivity contribution is 7.15. The van der Waals surface area contributed by atoms with Crippen LogP contribution in [0.1, 0.15) is 10.5 Å². The second-order valence-electron chi connectivity index (χ2n) is 2.25. The van der Waals surface area contributed by atoms with Gasteiger partial charge in [-0.05, 0) is 0 Å². The molecule has 0 unspecified atom stereocenters. The van der Waals surface area contributed by atoms with Crippen molar-refractivity contribution in [2.24, 2.45) is 0 Å². The second kappa shape index (κ2) is 2.99. The van der Waals surface area contributed by atoms with Gasteiger partial charge in [0, 0.05) is 11.6 Å². The molecule has 2 N–H and O–H groups in total. The van der Waals surface area contributed by atoms with E-state index in [1.165, 1.54) is 21.2 Å². The lowest BCUT2D eigenvalue weighted by molar-refractivity contribution is 0.0700. The first-order valence-corrected chi connectivity index (χ1v) is 4.55. The van der Waals surface area contributed by atoms with E-state index >= 15 is 0 Å². The lowest BCUT2D eigenvalue weighted by Gasteiger charge is -1.95. The summed E-state index contributed by atoms with van der Waals surface area (Å²) in [6.45, 7) is 0. The van der Waals surface area contributed by atoms with Crippen molar-refractivity contribution in [3.05, 3.63) is 22.4 Å². The van der Waals surface area contributed by atoms with E-state index in [0.29, 0.717) is 4.96 Å². The third-order valence-electron chi connectivity index (χ3n) is 1.54. The zero-order valence-corrected chi connectivity index (χ0v) is 7.76. The minimum atomic E-state index is -0.670. The van der Waals surface area contributed by atoms with Gasteiger partial charge >= 0.3 is 0 Å². The first-order valence-electron chi connectivity index (χ1n) is 3.29. The maximum absolute atomic E-state index is 11.1. The van der Waals surface area contributed by atoms with Gasteiger partial charge in [-0.3, -0.25) is 14.4 Å². The molecule has 2 rings (SSSR count). The summed E-state index contributed by atoms with van der Waals surface area (Å²) in [5.74, 6) is -0.670. The smallest absolute Gasteiger partial charge is 0.288 e. The number of aromatic nitrogens is 2. The first kappa shape index (κ1) is 8.49. The van der Waals surface area contributed by atoms with E-state index in [1.807, 2.05) is 0 Å². The maximum atomic E-state index is 11.1. The summed E-state index contributed by atoms with van der Waals surface area (Å²) in [5, 5.41) is 10.3. The molecule has 0 bridgehead atoms. The van der Waals surface area contributed by atoms with Crippen molar-refractivity contribution >= 4 is 33.8 Å². The molecule has 0 aliphatic heterocycles. The highest BCUT2D eigenvalue weighted by Crippen LogP contribution is 2.20. The third kappa shape index (κ3) is 1.19. The number of rotatable bonds is 1. The number of hydrogen-bond donors (Lipinski definition) is 2. The van der Waals surface area contributed by atoms with Crippen LogP contribution in [-0.2, 0) is 0 Å². The Morgan fingerprint density at radius 2 is 2.54 bits per heavy atom. The van der Waals surface area contributed by atoms with Crippen LogP contribution < -0.4 is 5.48 Å². The van der Waals surface area contributed by atoms with E-state index < -0.39 is 5.91 Å². The maximum Gasteiger partial charge on any atom is 0.294 e. The Bertz CT molecular complexity index is 463. The van der Waals surface area contributed by atoms with Crippen LogP contribution in [0, 0.1) is 0 Å². The highest BCUT2D eigenvalue weighted by Gasteiger charge is 2.17. The van der Waals surface area contributed by atoms with Gasteiger partial charge in [-0.2, -0.15) is 0 Å². The van der Waals surface area contributed by atoms with Gasteiger partial charge in [-0.25, -0.2) is 10.5 Å². The van der Waals surface area contributed by atoms with E-state index in [9.17, 15) is 4.79 Å². The van der Waals surface area contributed by atoms with Crippen molar-refractivity contribution in [3.8, 4) is 0 Å². The predicted molar refractivity (Wildman–Crippen MR) is 47.3 cm³/mol. The van der Waals surface area contributed by atoms with Crippen LogP contribution in [0.4, 0.5) is 0 Å². The van der Waals surface area contributed by atoms with Crippen LogP contribution >= 0.6 is 22.9 Å². The number of carbonyl (C=O) groups is 1. The fraction of sp³-hybridized carbons (Fsp3) is 0. The Labute approximate surface area is 81.5 Å². The van der Waals surface area contributed by atoms with E-state index in [0.717, 1.165) is 0 Å². The predicted octanol–water partition coefficient (Wildman–Crippen LogP) is 1.17. The van der Waals surface area contributed by atoms with Crippen molar-refractivity contribution < 1.29 is 10.0 Å². The second-order valence-corrected chi connectivity index (χ2v) is 3.48. The van der Waals surface area contributed by atoms with E-state index in [-0.39, 0.29) is 10.8 Å². The molecule has 0 saturated heterocycles. The molecule has 0 aliphatic rings. The molecule has 5 nitrogen and oxygen atoms in total. The number of hydrogen-bond acceptors (Lipinski definition) is 4. The van der Waals surface area contributed by atoms with E-state index in [4.69, 9.17) is 16.8 Å². The van der Waals surface area contributed by atoms with Crippen molar-refractivity contribution in [2.75, 3.05) is 0 Å². The van der Waals surface area contributed by atoms with Gasteiger partial charge in [-0.15, -0.1) is 11.3 Å². The molecule has 0 radical (unpaired) electrons. The fourth-order valence-corrected chi connectivity index (χ4v) is 2.04. The number of amides is 1. The number of hydroxylamine groups is 1. The summed E-state index contributed by atoms with van der Waals surface area (Å²) in [6, 6.07) is 0. The van der Waals surface area contributed by atoms with Gasteiger partial charge in [0.2, 0.25) is 0 Å². The molecule has 0 spiro atoms. The minimum absolute atomic E-state index is 0.0819. The summed E-state index contributed by atoms with van der Waals surface area (Å²) in [6.07, 6.45) is 1.66. The van der Waals surface area contributed by atoms with Crippen molar-refractivity contribution in [1.29, 1.82) is 0 Å². The molecule has 13 heavy (non-hydrogen) atoms. The Hall–Kier alpha value is -1.11. The van der Waals surface area contributed by atoms with Crippen molar-refractivity contribution in [1.82, 2.24) is 14.9 Å². The van der Waals surface area contributed by atoms with Crippen molar-refractivity contribution in [2.45, 2.75) is 0 Å². The zero-order valence-electron chi connectivity index (χ0n) is 6.19. The number of carbonyl (C=O) groups excluding carboxylic acids is 1. The summed E-state index contributed by atoms with van der Waals surface area (Å²) < 4.78 is 1.51. The quantitative estimate of drug-likeness (QED) is 0.557. The summed E-state index contributed by atoms with van der Waals surface area (Å²) in [5.41, 5.74) is 1.65. The van der Waals surface area contributed by atoms with Crippen LogP contribution in [-0.4, -0.2) is 20.5 Å². The van der Waals surface area contributed by atoms with Crippen LogP contribution in [0.15, 0.2) is 11.6 Å². The molecule has 0 atom stereocenters. The van der Waals surface area contributed by atoms with Gasteiger partial charge in [0.25, 0.3) is 5.91 Å². The van der Waals surface area contributed by atoms with E-state index in [1.54, 1.807) is 11.6 Å². The first-order chi connectivity index (χ1) is 6.24. The Kier molecular flexibility index (Phi) is 1.95. The number of halogens is 1. The molecular formula is C6H4ClN3O2S. The molecule has 0 aliphatic carbocycles. The van der Waals surface area contributed by atoms with Crippen LogP contribution in [0.2, 0.25) is 5.15 Å². The Balaban J connectivity index is 2.70. The largest absolute Gasteiger partial charge is 0.294 e. The number of imidazole rings is 1. The summed E-state index contributed by atoms with van der Waals surface area (Å²) >= 11 is 7.04. The molecule has 2 aromatic heterocycles. The molecule has 68 valence electrons. The molecule has 7 heteroatoms. The van der Waals surface area contributed by atoms with Crippen molar-refractivity contribution in [3.63, 3.8) is 0 Å². The van der Waals surface area contributed by atoms with E-state index in [2.05, 4.69) is 4.98 Å². The standard InChI is InChI=1S/C6H4ClN3O2S/c7-4-3(5(11)9-12)10-1-2-13-6(10)8-4/h1-2,12H,(H,9,11). The SMILES string of the molecule is O=C(NO)c1c(Cl)nc2sccn12. The topological polar surface area (TPSA) is 66.6 Å². The lowest BCUT2D eigenvalue weighted by atomic mass is 10.4. The third-order valence-corrected chi connectivity index (χ3v) is 2.56. The molecule has 0 fully saturated rings. The Morgan fingerprint density at radius 1 is 1.77 bits per heavy atom. The van der Waals surface area contributed by atoms with Crippen LogP contribution in [0.25, 0.3) is 4.96 Å². The fourth-order valence-electron chi connectivity index (χ4n) is 1.02. The average molecular weight is 218 g/mol. The molecule has 2 aromatic rings. The van der Waals surface area contributed by atoms with Crippen LogP contribution in [0.5, 0.6) is 0 Å². The van der Waals surface area contributed by atoms with Gasteiger partial charge in [-0.1, -0.05) is 11.6 Å². The number of fused-ring (bicyclic) bond motifs is 1. The average Bonchev–Trinajstić information content (AvgIpc) is 2.62. The molecule has 2 heterocycles. The monoisotopic (exact) mass is 217 g/mol. The normalized spacial score (nSPS) is 10.6. The number of nitrogens with zero attached hydrogens (tertiary/aromatic N) is 2.